The van der Waals surface area contributed by atoms with E-state index >= 15 is 0 Å². The van der Waals surface area contributed by atoms with E-state index in [1.807, 2.05) is 12.1 Å². The van der Waals surface area contributed by atoms with Gasteiger partial charge in [-0.25, -0.2) is 4.39 Å². The van der Waals surface area contributed by atoms with Gasteiger partial charge < -0.3 is 10.6 Å². The minimum Gasteiger partial charge on any atom is -0.369 e. The van der Waals surface area contributed by atoms with Crippen molar-refractivity contribution in [2.75, 3.05) is 24.5 Å². The predicted octanol–water partition coefficient (Wildman–Crippen LogP) is 3.42. The molecule has 0 radical (unpaired) electrons. The predicted molar refractivity (Wildman–Crippen MR) is 78.8 cm³/mol. The summed E-state index contributed by atoms with van der Waals surface area (Å²) in [5.41, 5.74) is 6.47. The number of benzene rings is 1. The molecule has 0 bridgehead atoms. The molecule has 2 nitrogen and oxygen atoms in total. The Morgan fingerprint density at radius 3 is 2.37 bits per heavy atom. The molecule has 2 rings (SSSR count). The summed E-state index contributed by atoms with van der Waals surface area (Å²) < 4.78 is 13.8. The van der Waals surface area contributed by atoms with Crippen molar-refractivity contribution in [3.05, 3.63) is 30.1 Å². The summed E-state index contributed by atoms with van der Waals surface area (Å²) in [5.74, 6) is 1.28. The molecule has 0 atom stereocenters. The molecular formula is C16H25FN2. The highest BCUT2D eigenvalue weighted by molar-refractivity contribution is 5.47. The average Bonchev–Trinajstić information content (AvgIpc) is 2.46. The first-order chi connectivity index (χ1) is 9.24. The van der Waals surface area contributed by atoms with Gasteiger partial charge in [0.2, 0.25) is 0 Å². The molecular weight excluding hydrogens is 239 g/mol. The Kier molecular flexibility index (Phi) is 5.20. The van der Waals surface area contributed by atoms with Crippen LogP contribution in [0.5, 0.6) is 0 Å². The molecule has 106 valence electrons. The quantitative estimate of drug-likeness (QED) is 0.883. The van der Waals surface area contributed by atoms with Crippen molar-refractivity contribution < 1.29 is 4.39 Å². The fourth-order valence-electron chi connectivity index (χ4n) is 3.07. The van der Waals surface area contributed by atoms with E-state index in [2.05, 4.69) is 11.8 Å². The third-order valence-electron chi connectivity index (χ3n) is 4.35. The van der Waals surface area contributed by atoms with Gasteiger partial charge in [-0.2, -0.15) is 0 Å². The monoisotopic (exact) mass is 264 g/mol. The molecule has 3 heteroatoms. The number of anilines is 1. The molecule has 0 saturated heterocycles. The molecule has 19 heavy (non-hydrogen) atoms. The van der Waals surface area contributed by atoms with E-state index in [4.69, 9.17) is 5.73 Å². The van der Waals surface area contributed by atoms with Gasteiger partial charge in [-0.3, -0.25) is 0 Å². The SMILES string of the molecule is CCN(CC1CCC(CN)CC1)c1ccccc1F. The molecule has 0 aliphatic heterocycles. The van der Waals surface area contributed by atoms with Crippen LogP contribution >= 0.6 is 0 Å². The number of para-hydroxylation sites is 1. The summed E-state index contributed by atoms with van der Waals surface area (Å²) in [6.07, 6.45) is 4.92. The third kappa shape index (κ3) is 3.69. The van der Waals surface area contributed by atoms with Crippen molar-refractivity contribution >= 4 is 5.69 Å². The van der Waals surface area contributed by atoms with Crippen LogP contribution in [-0.2, 0) is 0 Å². The zero-order chi connectivity index (χ0) is 13.7. The van der Waals surface area contributed by atoms with Gasteiger partial charge >= 0.3 is 0 Å². The Balaban J connectivity index is 1.95. The van der Waals surface area contributed by atoms with Crippen molar-refractivity contribution in [3.63, 3.8) is 0 Å². The highest BCUT2D eigenvalue weighted by atomic mass is 19.1. The summed E-state index contributed by atoms with van der Waals surface area (Å²) in [7, 11) is 0. The van der Waals surface area contributed by atoms with Crippen LogP contribution in [0.4, 0.5) is 10.1 Å². The fraction of sp³-hybridized carbons (Fsp3) is 0.625. The van der Waals surface area contributed by atoms with Crippen molar-refractivity contribution in [3.8, 4) is 0 Å². The zero-order valence-corrected chi connectivity index (χ0v) is 11.8. The highest BCUT2D eigenvalue weighted by Gasteiger charge is 2.22. The maximum atomic E-state index is 13.8. The van der Waals surface area contributed by atoms with E-state index in [0.717, 1.165) is 25.3 Å². The summed E-state index contributed by atoms with van der Waals surface area (Å²) in [6, 6.07) is 7.08. The summed E-state index contributed by atoms with van der Waals surface area (Å²) in [6.45, 7) is 4.74. The van der Waals surface area contributed by atoms with Crippen LogP contribution in [0.1, 0.15) is 32.6 Å². The number of hydrogen-bond donors (Lipinski definition) is 1. The van der Waals surface area contributed by atoms with Crippen molar-refractivity contribution in [1.82, 2.24) is 0 Å². The third-order valence-corrected chi connectivity index (χ3v) is 4.35. The van der Waals surface area contributed by atoms with E-state index in [0.29, 0.717) is 11.8 Å². The second-order valence-electron chi connectivity index (χ2n) is 5.61. The molecule has 0 heterocycles. The second-order valence-corrected chi connectivity index (χ2v) is 5.61. The number of nitrogens with zero attached hydrogens (tertiary/aromatic N) is 1. The first kappa shape index (κ1) is 14.3. The lowest BCUT2D eigenvalue weighted by atomic mass is 9.82. The van der Waals surface area contributed by atoms with Gasteiger partial charge in [0.15, 0.2) is 0 Å². The molecule has 0 unspecified atom stereocenters. The van der Waals surface area contributed by atoms with Gasteiger partial charge in [-0.1, -0.05) is 12.1 Å². The molecule has 1 saturated carbocycles. The Morgan fingerprint density at radius 2 is 1.79 bits per heavy atom. The number of rotatable bonds is 5. The molecule has 1 fully saturated rings. The molecule has 0 amide bonds. The van der Waals surface area contributed by atoms with E-state index in [1.165, 1.54) is 25.7 Å². The van der Waals surface area contributed by atoms with E-state index in [1.54, 1.807) is 12.1 Å². The Hall–Kier alpha value is -1.09. The second kappa shape index (κ2) is 6.90. The lowest BCUT2D eigenvalue weighted by molar-refractivity contribution is 0.281. The van der Waals surface area contributed by atoms with Gasteiger partial charge in [0.1, 0.15) is 5.82 Å². The zero-order valence-electron chi connectivity index (χ0n) is 11.8. The van der Waals surface area contributed by atoms with Crippen molar-refractivity contribution in [1.29, 1.82) is 0 Å². The smallest absolute Gasteiger partial charge is 0.146 e. The summed E-state index contributed by atoms with van der Waals surface area (Å²) >= 11 is 0. The molecule has 0 aromatic heterocycles. The van der Waals surface area contributed by atoms with E-state index in [9.17, 15) is 4.39 Å². The maximum absolute atomic E-state index is 13.8. The van der Waals surface area contributed by atoms with Gasteiger partial charge in [0.05, 0.1) is 5.69 Å². The summed E-state index contributed by atoms with van der Waals surface area (Å²) in [4.78, 5) is 2.17. The van der Waals surface area contributed by atoms with Gasteiger partial charge in [0, 0.05) is 13.1 Å². The van der Waals surface area contributed by atoms with Crippen LogP contribution in [0.3, 0.4) is 0 Å². The summed E-state index contributed by atoms with van der Waals surface area (Å²) in [5, 5.41) is 0. The first-order valence-electron chi connectivity index (χ1n) is 7.44. The topological polar surface area (TPSA) is 29.3 Å². The van der Waals surface area contributed by atoms with E-state index in [-0.39, 0.29) is 5.82 Å². The molecule has 1 aliphatic carbocycles. The van der Waals surface area contributed by atoms with Crippen LogP contribution in [-0.4, -0.2) is 19.6 Å². The highest BCUT2D eigenvalue weighted by Crippen LogP contribution is 2.30. The molecule has 1 aliphatic rings. The van der Waals surface area contributed by atoms with Crippen LogP contribution in [0.25, 0.3) is 0 Å². The lowest BCUT2D eigenvalue weighted by Crippen LogP contribution is -2.33. The lowest BCUT2D eigenvalue weighted by Gasteiger charge is -2.33. The number of halogens is 1. The largest absolute Gasteiger partial charge is 0.369 e. The Bertz CT molecular complexity index is 386. The van der Waals surface area contributed by atoms with Crippen molar-refractivity contribution in [2.45, 2.75) is 32.6 Å². The first-order valence-corrected chi connectivity index (χ1v) is 7.44. The molecule has 0 spiro atoms. The van der Waals surface area contributed by atoms with E-state index < -0.39 is 0 Å². The minimum atomic E-state index is -0.111. The molecule has 2 N–H and O–H groups in total. The molecule has 1 aromatic rings. The normalized spacial score (nSPS) is 23.3. The fourth-order valence-corrected chi connectivity index (χ4v) is 3.07. The maximum Gasteiger partial charge on any atom is 0.146 e. The number of hydrogen-bond acceptors (Lipinski definition) is 2. The van der Waals surface area contributed by atoms with Crippen LogP contribution in [0.2, 0.25) is 0 Å². The van der Waals surface area contributed by atoms with Gasteiger partial charge in [-0.05, 0) is 63.1 Å². The standard InChI is InChI=1S/C16H25FN2/c1-2-19(16-6-4-3-5-15(16)17)12-14-9-7-13(11-18)8-10-14/h3-6,13-14H,2,7-12,18H2,1H3. The van der Waals surface area contributed by atoms with Gasteiger partial charge in [0.25, 0.3) is 0 Å². The van der Waals surface area contributed by atoms with Crippen LogP contribution < -0.4 is 10.6 Å². The average molecular weight is 264 g/mol. The minimum absolute atomic E-state index is 0.111. The number of nitrogens with two attached hydrogens (primary N) is 1. The van der Waals surface area contributed by atoms with Crippen molar-refractivity contribution in [2.24, 2.45) is 17.6 Å². The van der Waals surface area contributed by atoms with Crippen LogP contribution in [0.15, 0.2) is 24.3 Å². The molecule has 1 aromatic carbocycles. The van der Waals surface area contributed by atoms with Crippen LogP contribution in [0, 0.1) is 17.7 Å². The Labute approximate surface area is 115 Å². The van der Waals surface area contributed by atoms with Gasteiger partial charge in [-0.15, -0.1) is 0 Å². The Morgan fingerprint density at radius 1 is 1.16 bits per heavy atom.